The Hall–Kier alpha value is -1.84. The molecule has 0 N–H and O–H groups in total. The summed E-state index contributed by atoms with van der Waals surface area (Å²) in [6, 6.07) is 8.81. The molecule has 20 heavy (non-hydrogen) atoms. The fourth-order valence-electron chi connectivity index (χ4n) is 2.33. The van der Waals surface area contributed by atoms with Crippen LogP contribution in [-0.2, 0) is 14.3 Å². The van der Waals surface area contributed by atoms with Gasteiger partial charge in [0.1, 0.15) is 12.2 Å². The quantitative estimate of drug-likeness (QED) is 0.591. The number of hydrogen-bond acceptors (Lipinski definition) is 4. The van der Waals surface area contributed by atoms with Gasteiger partial charge < -0.3 is 9.47 Å². The first-order valence-electron chi connectivity index (χ1n) is 7.16. The van der Waals surface area contributed by atoms with Crippen molar-refractivity contribution in [2.24, 2.45) is 0 Å². The van der Waals surface area contributed by atoms with Gasteiger partial charge in [-0.2, -0.15) is 0 Å². The van der Waals surface area contributed by atoms with Gasteiger partial charge in [0.25, 0.3) is 0 Å². The van der Waals surface area contributed by atoms with Crippen molar-refractivity contribution in [1.82, 2.24) is 0 Å². The smallest absolute Gasteiger partial charge is 0.338 e. The Bertz CT molecular complexity index is 455. The Kier molecular flexibility index (Phi) is 5.16. The molecule has 1 aromatic rings. The summed E-state index contributed by atoms with van der Waals surface area (Å²) in [5, 5.41) is 0. The van der Waals surface area contributed by atoms with Gasteiger partial charge >= 0.3 is 11.9 Å². The van der Waals surface area contributed by atoms with E-state index in [4.69, 9.17) is 9.47 Å². The van der Waals surface area contributed by atoms with Crippen molar-refractivity contribution >= 4 is 11.9 Å². The lowest BCUT2D eigenvalue weighted by molar-refractivity contribution is -0.142. The zero-order chi connectivity index (χ0) is 14.4. The fraction of sp³-hybridized carbons (Fsp3) is 0.500. The second kappa shape index (κ2) is 7.08. The van der Waals surface area contributed by atoms with Gasteiger partial charge in [-0.25, -0.2) is 4.79 Å². The van der Waals surface area contributed by atoms with Crippen LogP contribution in [0.5, 0.6) is 0 Å². The first-order chi connectivity index (χ1) is 9.70. The number of ether oxygens (including phenoxy) is 2. The van der Waals surface area contributed by atoms with Crippen LogP contribution in [0.3, 0.4) is 0 Å². The second-order valence-electron chi connectivity index (χ2n) is 5.04. The Morgan fingerprint density at radius 2 is 2.05 bits per heavy atom. The molecule has 0 aromatic heterocycles. The molecule has 2 atom stereocenters. The molecule has 1 fully saturated rings. The molecule has 1 aromatic carbocycles. The van der Waals surface area contributed by atoms with E-state index in [2.05, 4.69) is 6.92 Å². The number of unbranched alkanes of at least 4 members (excludes halogenated alkanes) is 2. The number of esters is 2. The van der Waals surface area contributed by atoms with Gasteiger partial charge in [-0.3, -0.25) is 4.79 Å². The first kappa shape index (κ1) is 14.6. The molecule has 0 amide bonds. The maximum Gasteiger partial charge on any atom is 0.338 e. The van der Waals surface area contributed by atoms with Crippen molar-refractivity contribution in [3.63, 3.8) is 0 Å². The number of cyclic esters (lactones) is 1. The minimum atomic E-state index is -0.452. The van der Waals surface area contributed by atoms with E-state index >= 15 is 0 Å². The Labute approximate surface area is 119 Å². The Balaban J connectivity index is 1.92. The van der Waals surface area contributed by atoms with Crippen LogP contribution < -0.4 is 0 Å². The molecule has 0 aliphatic carbocycles. The molecule has 4 heteroatoms. The van der Waals surface area contributed by atoms with E-state index in [1.165, 1.54) is 0 Å². The summed E-state index contributed by atoms with van der Waals surface area (Å²) in [5.41, 5.74) is 0.499. The number of carbonyl (C=O) groups is 2. The van der Waals surface area contributed by atoms with Crippen molar-refractivity contribution in [2.45, 2.75) is 51.2 Å². The highest BCUT2D eigenvalue weighted by atomic mass is 16.6. The van der Waals surface area contributed by atoms with Crippen LogP contribution in [0.2, 0.25) is 0 Å². The fourth-order valence-corrected chi connectivity index (χ4v) is 2.33. The Morgan fingerprint density at radius 1 is 1.30 bits per heavy atom. The maximum atomic E-state index is 12.0. The predicted octanol–water partition coefficient (Wildman–Crippen LogP) is 3.11. The summed E-state index contributed by atoms with van der Waals surface area (Å²) in [5.74, 6) is -0.674. The van der Waals surface area contributed by atoms with Crippen LogP contribution in [0.25, 0.3) is 0 Å². The van der Waals surface area contributed by atoms with Crippen molar-refractivity contribution < 1.29 is 19.1 Å². The normalized spacial score (nSPS) is 21.6. The molecule has 1 aliphatic rings. The molecule has 1 heterocycles. The summed E-state index contributed by atoms with van der Waals surface area (Å²) in [4.78, 5) is 23.4. The predicted molar refractivity (Wildman–Crippen MR) is 74.3 cm³/mol. The molecule has 4 nitrogen and oxygen atoms in total. The third-order valence-electron chi connectivity index (χ3n) is 3.43. The van der Waals surface area contributed by atoms with Crippen LogP contribution in [0, 0.1) is 0 Å². The molecular weight excluding hydrogens is 256 g/mol. The molecule has 0 unspecified atom stereocenters. The van der Waals surface area contributed by atoms with E-state index in [0.29, 0.717) is 5.56 Å². The standard InChI is InChI=1S/C16H20O4/c1-2-3-5-10-13-14(11-15(17)19-13)20-16(18)12-8-6-4-7-9-12/h4,6-9,13-14H,2-3,5,10-11H2,1H3/t13-,14-/m0/s1. The lowest BCUT2D eigenvalue weighted by Gasteiger charge is -2.17. The largest absolute Gasteiger partial charge is 0.458 e. The van der Waals surface area contributed by atoms with Gasteiger partial charge in [0, 0.05) is 0 Å². The molecule has 2 rings (SSSR count). The zero-order valence-corrected chi connectivity index (χ0v) is 11.7. The highest BCUT2D eigenvalue weighted by Crippen LogP contribution is 2.24. The van der Waals surface area contributed by atoms with Gasteiger partial charge in [0.05, 0.1) is 12.0 Å². The highest BCUT2D eigenvalue weighted by molar-refractivity contribution is 5.89. The van der Waals surface area contributed by atoms with E-state index in [1.54, 1.807) is 24.3 Å². The SMILES string of the molecule is CCCCC[C@@H]1OC(=O)C[C@@H]1OC(=O)c1ccccc1. The van der Waals surface area contributed by atoms with E-state index in [-0.39, 0.29) is 18.5 Å². The minimum Gasteiger partial charge on any atom is -0.458 e. The average Bonchev–Trinajstić information content (AvgIpc) is 2.80. The topological polar surface area (TPSA) is 52.6 Å². The molecular formula is C16H20O4. The molecule has 1 saturated heterocycles. The Morgan fingerprint density at radius 3 is 2.75 bits per heavy atom. The monoisotopic (exact) mass is 276 g/mol. The summed E-state index contributed by atoms with van der Waals surface area (Å²) in [7, 11) is 0. The van der Waals surface area contributed by atoms with Crippen LogP contribution >= 0.6 is 0 Å². The number of benzene rings is 1. The van der Waals surface area contributed by atoms with E-state index in [0.717, 1.165) is 25.7 Å². The van der Waals surface area contributed by atoms with Crippen LogP contribution in [0.1, 0.15) is 49.4 Å². The van der Waals surface area contributed by atoms with E-state index in [9.17, 15) is 9.59 Å². The molecule has 0 saturated carbocycles. The van der Waals surface area contributed by atoms with Gasteiger partial charge in [0.15, 0.2) is 0 Å². The number of rotatable bonds is 6. The third-order valence-corrected chi connectivity index (χ3v) is 3.43. The summed E-state index contributed by atoms with van der Waals surface area (Å²) >= 11 is 0. The van der Waals surface area contributed by atoms with Crippen LogP contribution in [-0.4, -0.2) is 24.1 Å². The summed E-state index contributed by atoms with van der Waals surface area (Å²) < 4.78 is 10.7. The first-order valence-corrected chi connectivity index (χ1v) is 7.16. The molecule has 108 valence electrons. The van der Waals surface area contributed by atoms with Gasteiger partial charge in [-0.05, 0) is 25.0 Å². The van der Waals surface area contributed by atoms with Crippen molar-refractivity contribution in [3.05, 3.63) is 35.9 Å². The molecule has 1 aliphatic heterocycles. The molecule has 0 radical (unpaired) electrons. The van der Waals surface area contributed by atoms with Crippen molar-refractivity contribution in [1.29, 1.82) is 0 Å². The summed E-state index contributed by atoms with van der Waals surface area (Å²) in [6.45, 7) is 2.12. The van der Waals surface area contributed by atoms with Crippen molar-refractivity contribution in [2.75, 3.05) is 0 Å². The van der Waals surface area contributed by atoms with E-state index in [1.807, 2.05) is 6.07 Å². The van der Waals surface area contributed by atoms with Gasteiger partial charge in [-0.15, -0.1) is 0 Å². The van der Waals surface area contributed by atoms with Crippen LogP contribution in [0.15, 0.2) is 30.3 Å². The number of carbonyl (C=O) groups excluding carboxylic acids is 2. The molecule has 0 spiro atoms. The lowest BCUT2D eigenvalue weighted by atomic mass is 10.1. The molecule has 0 bridgehead atoms. The number of hydrogen-bond donors (Lipinski definition) is 0. The van der Waals surface area contributed by atoms with Gasteiger partial charge in [0.2, 0.25) is 0 Å². The van der Waals surface area contributed by atoms with Crippen molar-refractivity contribution in [3.8, 4) is 0 Å². The average molecular weight is 276 g/mol. The zero-order valence-electron chi connectivity index (χ0n) is 11.7. The highest BCUT2D eigenvalue weighted by Gasteiger charge is 2.37. The van der Waals surface area contributed by atoms with Crippen LogP contribution in [0.4, 0.5) is 0 Å². The second-order valence-corrected chi connectivity index (χ2v) is 5.04. The maximum absolute atomic E-state index is 12.0. The van der Waals surface area contributed by atoms with E-state index < -0.39 is 12.1 Å². The lowest BCUT2D eigenvalue weighted by Crippen LogP contribution is -2.27. The van der Waals surface area contributed by atoms with Gasteiger partial charge in [-0.1, -0.05) is 38.0 Å². The summed E-state index contributed by atoms with van der Waals surface area (Å²) in [6.07, 6.45) is 3.35. The minimum absolute atomic E-state index is 0.162. The third kappa shape index (κ3) is 3.83.